The highest BCUT2D eigenvalue weighted by Gasteiger charge is 2.19. The summed E-state index contributed by atoms with van der Waals surface area (Å²) in [7, 11) is 0. The van der Waals surface area contributed by atoms with Crippen LogP contribution in [0, 0.1) is 0 Å². The van der Waals surface area contributed by atoms with Crippen LogP contribution in [0.2, 0.25) is 0 Å². The van der Waals surface area contributed by atoms with Crippen molar-refractivity contribution in [3.63, 3.8) is 0 Å². The van der Waals surface area contributed by atoms with Gasteiger partial charge in [-0.25, -0.2) is 4.98 Å². The third-order valence-electron chi connectivity index (χ3n) is 4.37. The zero-order chi connectivity index (χ0) is 19.2. The number of imidazole rings is 1. The molecule has 0 spiro atoms. The van der Waals surface area contributed by atoms with Gasteiger partial charge in [0.1, 0.15) is 11.9 Å². The minimum absolute atomic E-state index is 0.0566. The molecular weight excluding hydrogens is 342 g/mol. The normalized spacial score (nSPS) is 12.3. The molecule has 2 aromatic heterocycles. The largest absolute Gasteiger partial charge is 0.354 e. The fourth-order valence-electron chi connectivity index (χ4n) is 2.91. The summed E-state index contributed by atoms with van der Waals surface area (Å²) in [5.41, 5.74) is 1.13. The summed E-state index contributed by atoms with van der Waals surface area (Å²) in [6.07, 6.45) is 4.70. The lowest BCUT2D eigenvalue weighted by Crippen LogP contribution is -2.33. The van der Waals surface area contributed by atoms with Crippen LogP contribution in [0.25, 0.3) is 0 Å². The molecule has 0 aliphatic heterocycles. The topological polar surface area (TPSA) is 85.8 Å². The smallest absolute Gasteiger partial charge is 0.242 e. The van der Waals surface area contributed by atoms with Crippen LogP contribution in [0.1, 0.15) is 55.8 Å². The summed E-state index contributed by atoms with van der Waals surface area (Å²) in [6, 6.07) is 9.68. The minimum atomic E-state index is -0.318. The molecule has 7 heteroatoms. The van der Waals surface area contributed by atoms with E-state index in [2.05, 4.69) is 34.3 Å². The van der Waals surface area contributed by atoms with E-state index in [4.69, 9.17) is 4.52 Å². The molecule has 0 saturated carbocycles. The van der Waals surface area contributed by atoms with E-state index in [1.807, 2.05) is 48.0 Å². The third-order valence-corrected chi connectivity index (χ3v) is 4.37. The van der Waals surface area contributed by atoms with Gasteiger partial charge in [-0.3, -0.25) is 4.79 Å². The lowest BCUT2D eigenvalue weighted by Gasteiger charge is -2.17. The van der Waals surface area contributed by atoms with E-state index in [9.17, 15) is 4.79 Å². The average Bonchev–Trinajstić information content (AvgIpc) is 3.31. The molecule has 1 atom stereocenters. The molecule has 0 aliphatic carbocycles. The van der Waals surface area contributed by atoms with Crippen molar-refractivity contribution < 1.29 is 9.32 Å². The molecule has 1 N–H and O–H groups in total. The van der Waals surface area contributed by atoms with Gasteiger partial charge in [0, 0.05) is 37.7 Å². The van der Waals surface area contributed by atoms with Crippen LogP contribution in [0.3, 0.4) is 0 Å². The second-order valence-corrected chi connectivity index (χ2v) is 6.83. The molecule has 0 saturated heterocycles. The van der Waals surface area contributed by atoms with Gasteiger partial charge in [-0.05, 0) is 12.5 Å². The number of benzene rings is 1. The van der Waals surface area contributed by atoms with Crippen LogP contribution in [0.5, 0.6) is 0 Å². The number of amides is 1. The lowest BCUT2D eigenvalue weighted by molar-refractivity contribution is -0.123. The molecule has 0 aliphatic rings. The quantitative estimate of drug-likeness (QED) is 0.662. The van der Waals surface area contributed by atoms with Crippen molar-refractivity contribution in [3.05, 3.63) is 65.8 Å². The van der Waals surface area contributed by atoms with Gasteiger partial charge in [-0.1, -0.05) is 49.3 Å². The standard InChI is InChI=1S/C20H25N5O2/c1-14(2)19-21-11-12-25(19)15(3)20(26)22-10-9-18-23-17(24-27-18)13-16-7-5-4-6-8-16/h4-8,11-12,14-15H,9-10,13H2,1-3H3,(H,22,26)/t15-/m0/s1. The maximum absolute atomic E-state index is 12.4. The number of nitrogens with one attached hydrogen (secondary N) is 1. The Morgan fingerprint density at radius 2 is 2.00 bits per heavy atom. The SMILES string of the molecule is CC(C)c1nccn1[C@@H](C)C(=O)NCCc1nc(Cc2ccccc2)no1. The summed E-state index contributed by atoms with van der Waals surface area (Å²) in [6.45, 7) is 6.44. The van der Waals surface area contributed by atoms with E-state index in [-0.39, 0.29) is 17.9 Å². The first-order chi connectivity index (χ1) is 13.0. The van der Waals surface area contributed by atoms with Crippen molar-refractivity contribution in [2.24, 2.45) is 0 Å². The van der Waals surface area contributed by atoms with Crippen LogP contribution in [0.15, 0.2) is 47.2 Å². The number of aromatic nitrogens is 4. The Labute approximate surface area is 158 Å². The molecule has 2 heterocycles. The molecule has 142 valence electrons. The van der Waals surface area contributed by atoms with Gasteiger partial charge in [0.05, 0.1) is 0 Å². The van der Waals surface area contributed by atoms with Crippen molar-refractivity contribution in [2.45, 2.75) is 45.6 Å². The van der Waals surface area contributed by atoms with Crippen molar-refractivity contribution in [1.82, 2.24) is 25.0 Å². The molecule has 7 nitrogen and oxygen atoms in total. The Kier molecular flexibility index (Phi) is 6.01. The Balaban J connectivity index is 1.49. The van der Waals surface area contributed by atoms with Gasteiger partial charge in [-0.2, -0.15) is 4.98 Å². The summed E-state index contributed by atoms with van der Waals surface area (Å²) < 4.78 is 7.18. The molecule has 0 fully saturated rings. The number of nitrogens with zero attached hydrogens (tertiary/aromatic N) is 4. The zero-order valence-corrected chi connectivity index (χ0v) is 15.9. The monoisotopic (exact) mass is 367 g/mol. The maximum atomic E-state index is 12.4. The number of hydrogen-bond acceptors (Lipinski definition) is 5. The van der Waals surface area contributed by atoms with E-state index >= 15 is 0 Å². The Hall–Kier alpha value is -2.96. The number of carbonyl (C=O) groups excluding carboxylic acids is 1. The summed E-state index contributed by atoms with van der Waals surface area (Å²) in [4.78, 5) is 21.2. The number of carbonyl (C=O) groups is 1. The lowest BCUT2D eigenvalue weighted by atomic mass is 10.1. The molecule has 1 aromatic carbocycles. The molecular formula is C20H25N5O2. The van der Waals surface area contributed by atoms with E-state index < -0.39 is 0 Å². The van der Waals surface area contributed by atoms with Gasteiger partial charge >= 0.3 is 0 Å². The van der Waals surface area contributed by atoms with Crippen molar-refractivity contribution >= 4 is 5.91 Å². The van der Waals surface area contributed by atoms with Crippen LogP contribution >= 0.6 is 0 Å². The van der Waals surface area contributed by atoms with Gasteiger partial charge in [0.15, 0.2) is 5.82 Å². The molecule has 1 amide bonds. The Morgan fingerprint density at radius 3 is 2.74 bits per heavy atom. The van der Waals surface area contributed by atoms with Crippen molar-refractivity contribution in [2.75, 3.05) is 6.54 Å². The highest BCUT2D eigenvalue weighted by Crippen LogP contribution is 2.17. The highest BCUT2D eigenvalue weighted by molar-refractivity contribution is 5.79. The van der Waals surface area contributed by atoms with E-state index in [0.29, 0.717) is 31.1 Å². The number of hydrogen-bond donors (Lipinski definition) is 1. The van der Waals surface area contributed by atoms with Gasteiger partial charge < -0.3 is 14.4 Å². The molecule has 3 rings (SSSR count). The Bertz CT molecular complexity index is 869. The van der Waals surface area contributed by atoms with E-state index in [0.717, 1.165) is 11.4 Å². The predicted octanol–water partition coefficient (Wildman–Crippen LogP) is 2.90. The van der Waals surface area contributed by atoms with Gasteiger partial charge in [0.25, 0.3) is 0 Å². The highest BCUT2D eigenvalue weighted by atomic mass is 16.5. The first kappa shape index (κ1) is 18.8. The van der Waals surface area contributed by atoms with Crippen LogP contribution in [0.4, 0.5) is 0 Å². The fourth-order valence-corrected chi connectivity index (χ4v) is 2.91. The molecule has 0 unspecified atom stereocenters. The summed E-state index contributed by atoms with van der Waals surface area (Å²) >= 11 is 0. The molecule has 3 aromatic rings. The second-order valence-electron chi connectivity index (χ2n) is 6.83. The molecule has 0 bridgehead atoms. The number of rotatable bonds is 8. The first-order valence-electron chi connectivity index (χ1n) is 9.20. The fraction of sp³-hybridized carbons (Fsp3) is 0.400. The summed E-state index contributed by atoms with van der Waals surface area (Å²) in [5, 5.41) is 6.93. The molecule has 0 radical (unpaired) electrons. The Morgan fingerprint density at radius 1 is 1.22 bits per heavy atom. The predicted molar refractivity (Wildman–Crippen MR) is 101 cm³/mol. The third kappa shape index (κ3) is 4.81. The first-order valence-corrected chi connectivity index (χ1v) is 9.20. The van der Waals surface area contributed by atoms with Gasteiger partial charge in [0.2, 0.25) is 11.8 Å². The van der Waals surface area contributed by atoms with E-state index in [1.165, 1.54) is 0 Å². The zero-order valence-electron chi connectivity index (χ0n) is 15.9. The summed E-state index contributed by atoms with van der Waals surface area (Å²) in [5.74, 6) is 2.28. The van der Waals surface area contributed by atoms with Crippen LogP contribution in [-0.2, 0) is 17.6 Å². The van der Waals surface area contributed by atoms with Gasteiger partial charge in [-0.15, -0.1) is 0 Å². The van der Waals surface area contributed by atoms with E-state index in [1.54, 1.807) is 6.20 Å². The maximum Gasteiger partial charge on any atom is 0.242 e. The van der Waals surface area contributed by atoms with Crippen molar-refractivity contribution in [1.29, 1.82) is 0 Å². The average molecular weight is 367 g/mol. The van der Waals surface area contributed by atoms with Crippen LogP contribution in [-0.4, -0.2) is 32.1 Å². The minimum Gasteiger partial charge on any atom is -0.354 e. The second kappa shape index (κ2) is 8.62. The van der Waals surface area contributed by atoms with Crippen molar-refractivity contribution in [3.8, 4) is 0 Å². The molecule has 27 heavy (non-hydrogen) atoms. The van der Waals surface area contributed by atoms with Crippen LogP contribution < -0.4 is 5.32 Å².